The van der Waals surface area contributed by atoms with Crippen LogP contribution in [0.3, 0.4) is 0 Å². The molecule has 154 valence electrons. The van der Waals surface area contributed by atoms with Gasteiger partial charge in [-0.15, -0.1) is 0 Å². The van der Waals surface area contributed by atoms with Gasteiger partial charge in [-0.3, -0.25) is 14.7 Å². The highest BCUT2D eigenvalue weighted by Crippen LogP contribution is 2.29. The number of nitrogens with zero attached hydrogens (tertiary/aromatic N) is 3. The molecule has 1 saturated heterocycles. The first-order valence-corrected chi connectivity index (χ1v) is 10.7. The van der Waals surface area contributed by atoms with E-state index in [-0.39, 0.29) is 17.9 Å². The lowest BCUT2D eigenvalue weighted by molar-refractivity contribution is -0.132. The van der Waals surface area contributed by atoms with Gasteiger partial charge in [0.25, 0.3) is 0 Å². The molecule has 4 nitrogen and oxygen atoms in total. The van der Waals surface area contributed by atoms with Crippen molar-refractivity contribution in [2.24, 2.45) is 0 Å². The summed E-state index contributed by atoms with van der Waals surface area (Å²) in [5.74, 6) is 0.292. The Bertz CT molecular complexity index is 891. The normalized spacial score (nSPS) is 16.7. The molecule has 4 heteroatoms. The average molecular weight is 400 g/mol. The van der Waals surface area contributed by atoms with Crippen LogP contribution in [0.2, 0.25) is 0 Å². The number of benzene rings is 2. The van der Waals surface area contributed by atoms with Crippen LogP contribution in [-0.2, 0) is 11.3 Å². The third kappa shape index (κ3) is 4.95. The van der Waals surface area contributed by atoms with Gasteiger partial charge in [-0.05, 0) is 35.2 Å². The minimum absolute atomic E-state index is 0.0803. The molecule has 1 aliphatic heterocycles. The van der Waals surface area contributed by atoms with Gasteiger partial charge in [-0.25, -0.2) is 0 Å². The standard InChI is InChI=1S/C26H29N3O/c1-28(24-14-17-29(20-24)19-21-12-15-27-16-13-21)26(30)18-25(22-8-4-2-5-9-22)23-10-6-3-7-11-23/h2-13,15-16,24-25H,14,17-20H2,1H3/t24-/m0/s1. The van der Waals surface area contributed by atoms with Gasteiger partial charge in [0.05, 0.1) is 0 Å². The molecule has 1 atom stereocenters. The first-order chi connectivity index (χ1) is 14.7. The van der Waals surface area contributed by atoms with Crippen molar-refractivity contribution in [3.63, 3.8) is 0 Å². The maximum atomic E-state index is 13.3. The maximum Gasteiger partial charge on any atom is 0.223 e. The lowest BCUT2D eigenvalue weighted by Crippen LogP contribution is -2.39. The predicted molar refractivity (Wildman–Crippen MR) is 120 cm³/mol. The summed E-state index contributed by atoms with van der Waals surface area (Å²) in [6, 6.07) is 25.1. The summed E-state index contributed by atoms with van der Waals surface area (Å²) in [7, 11) is 1.97. The molecule has 2 aromatic carbocycles. The Morgan fingerprint density at radius 2 is 1.60 bits per heavy atom. The number of carbonyl (C=O) groups excluding carboxylic acids is 1. The monoisotopic (exact) mass is 399 g/mol. The van der Waals surface area contributed by atoms with Crippen molar-refractivity contribution in [3.05, 3.63) is 102 Å². The smallest absolute Gasteiger partial charge is 0.223 e. The van der Waals surface area contributed by atoms with Crippen molar-refractivity contribution in [2.45, 2.75) is 31.3 Å². The van der Waals surface area contributed by atoms with Crippen LogP contribution >= 0.6 is 0 Å². The van der Waals surface area contributed by atoms with Gasteiger partial charge in [-0.2, -0.15) is 0 Å². The molecule has 30 heavy (non-hydrogen) atoms. The fourth-order valence-electron chi connectivity index (χ4n) is 4.34. The molecule has 1 fully saturated rings. The zero-order valence-corrected chi connectivity index (χ0v) is 17.5. The van der Waals surface area contributed by atoms with Crippen molar-refractivity contribution < 1.29 is 4.79 Å². The number of amides is 1. The van der Waals surface area contributed by atoms with Crippen molar-refractivity contribution in [1.82, 2.24) is 14.8 Å². The van der Waals surface area contributed by atoms with E-state index in [2.05, 4.69) is 46.3 Å². The van der Waals surface area contributed by atoms with E-state index in [1.807, 2.05) is 60.7 Å². The van der Waals surface area contributed by atoms with Crippen LogP contribution in [0.15, 0.2) is 85.2 Å². The van der Waals surface area contributed by atoms with E-state index < -0.39 is 0 Å². The van der Waals surface area contributed by atoms with Crippen LogP contribution in [0.1, 0.15) is 35.4 Å². The number of likely N-dealkylation sites (N-methyl/N-ethyl adjacent to an activating group) is 1. The van der Waals surface area contributed by atoms with Gasteiger partial charge in [0, 0.05) is 57.5 Å². The molecular formula is C26H29N3O. The second-order valence-electron chi connectivity index (χ2n) is 8.12. The SMILES string of the molecule is CN(C(=O)CC(c1ccccc1)c1ccccc1)[C@H]1CCN(Cc2ccncc2)C1. The molecule has 1 aromatic heterocycles. The van der Waals surface area contributed by atoms with Crippen molar-refractivity contribution in [1.29, 1.82) is 0 Å². The third-order valence-corrected chi connectivity index (χ3v) is 6.13. The van der Waals surface area contributed by atoms with Crippen molar-refractivity contribution >= 4 is 5.91 Å². The number of rotatable bonds is 7. The highest BCUT2D eigenvalue weighted by atomic mass is 16.2. The summed E-state index contributed by atoms with van der Waals surface area (Å²) in [5.41, 5.74) is 3.65. The predicted octanol–water partition coefficient (Wildman–Crippen LogP) is 4.34. The average Bonchev–Trinajstić information content (AvgIpc) is 3.27. The van der Waals surface area contributed by atoms with Crippen molar-refractivity contribution in [2.75, 3.05) is 20.1 Å². The summed E-state index contributed by atoms with van der Waals surface area (Å²) in [6.07, 6.45) is 5.19. The molecule has 0 bridgehead atoms. The highest BCUT2D eigenvalue weighted by molar-refractivity contribution is 5.78. The maximum absolute atomic E-state index is 13.3. The van der Waals surface area contributed by atoms with Gasteiger partial charge >= 0.3 is 0 Å². The summed E-state index contributed by atoms with van der Waals surface area (Å²) in [4.78, 5) is 21.7. The minimum atomic E-state index is 0.0803. The fourth-order valence-corrected chi connectivity index (χ4v) is 4.34. The quantitative estimate of drug-likeness (QED) is 0.593. The van der Waals surface area contributed by atoms with Crippen LogP contribution in [0.25, 0.3) is 0 Å². The Morgan fingerprint density at radius 1 is 1.00 bits per heavy atom. The van der Waals surface area contributed by atoms with E-state index in [0.717, 1.165) is 26.1 Å². The molecule has 0 radical (unpaired) electrons. The molecule has 3 aromatic rings. The lowest BCUT2D eigenvalue weighted by atomic mass is 9.88. The molecule has 4 rings (SSSR count). The molecule has 0 aliphatic carbocycles. The zero-order valence-electron chi connectivity index (χ0n) is 17.5. The van der Waals surface area contributed by atoms with Gasteiger partial charge in [0.1, 0.15) is 0 Å². The van der Waals surface area contributed by atoms with Gasteiger partial charge in [0.15, 0.2) is 0 Å². The second kappa shape index (κ2) is 9.68. The zero-order chi connectivity index (χ0) is 20.8. The van der Waals surface area contributed by atoms with Crippen LogP contribution in [-0.4, -0.2) is 46.9 Å². The van der Waals surface area contributed by atoms with E-state index in [0.29, 0.717) is 6.42 Å². The highest BCUT2D eigenvalue weighted by Gasteiger charge is 2.30. The molecule has 1 amide bonds. The van der Waals surface area contributed by atoms with Crippen LogP contribution in [0.5, 0.6) is 0 Å². The number of hydrogen-bond acceptors (Lipinski definition) is 3. The van der Waals surface area contributed by atoms with E-state index in [1.54, 1.807) is 0 Å². The van der Waals surface area contributed by atoms with Gasteiger partial charge in [-0.1, -0.05) is 60.7 Å². The minimum Gasteiger partial charge on any atom is -0.341 e. The first kappa shape index (κ1) is 20.3. The van der Waals surface area contributed by atoms with E-state index in [4.69, 9.17) is 0 Å². The number of carbonyl (C=O) groups is 1. The van der Waals surface area contributed by atoms with E-state index in [1.165, 1.54) is 16.7 Å². The number of hydrogen-bond donors (Lipinski definition) is 0. The number of pyridine rings is 1. The van der Waals surface area contributed by atoms with Gasteiger partial charge < -0.3 is 4.90 Å². The summed E-state index contributed by atoms with van der Waals surface area (Å²) < 4.78 is 0. The Hall–Kier alpha value is -2.98. The Morgan fingerprint density at radius 3 is 2.20 bits per heavy atom. The van der Waals surface area contributed by atoms with Gasteiger partial charge in [0.2, 0.25) is 5.91 Å². The summed E-state index contributed by atoms with van der Waals surface area (Å²) >= 11 is 0. The first-order valence-electron chi connectivity index (χ1n) is 10.7. The molecule has 0 saturated carbocycles. The summed E-state index contributed by atoms with van der Waals surface area (Å²) in [6.45, 7) is 2.86. The van der Waals surface area contributed by atoms with Crippen molar-refractivity contribution in [3.8, 4) is 0 Å². The third-order valence-electron chi connectivity index (χ3n) is 6.13. The molecule has 0 N–H and O–H groups in total. The van der Waals surface area contributed by atoms with Crippen LogP contribution < -0.4 is 0 Å². The number of aromatic nitrogens is 1. The van der Waals surface area contributed by atoms with E-state index >= 15 is 0 Å². The number of likely N-dealkylation sites (tertiary alicyclic amines) is 1. The largest absolute Gasteiger partial charge is 0.341 e. The van der Waals surface area contributed by atoms with Crippen LogP contribution in [0.4, 0.5) is 0 Å². The second-order valence-corrected chi connectivity index (χ2v) is 8.12. The lowest BCUT2D eigenvalue weighted by Gasteiger charge is -2.27. The Kier molecular flexibility index (Phi) is 6.55. The topological polar surface area (TPSA) is 36.4 Å². The molecular weight excluding hydrogens is 370 g/mol. The Balaban J connectivity index is 1.41. The molecule has 0 unspecified atom stereocenters. The molecule has 2 heterocycles. The Labute approximate surface area is 179 Å². The van der Waals surface area contributed by atoms with Crippen LogP contribution in [0, 0.1) is 0 Å². The van der Waals surface area contributed by atoms with E-state index in [9.17, 15) is 4.79 Å². The fraction of sp³-hybridized carbons (Fsp3) is 0.308. The molecule has 1 aliphatic rings. The summed E-state index contributed by atoms with van der Waals surface area (Å²) in [5, 5.41) is 0. The molecule has 0 spiro atoms.